The Hall–Kier alpha value is -1.98. The van der Waals surface area contributed by atoms with Crippen LogP contribution in [0.1, 0.15) is 38.3 Å². The zero-order valence-corrected chi connectivity index (χ0v) is 14.9. The standard InChI is InChI=1S/C20H21NO3S/c1-12(22)16-7-8-17(25-16)20(23)21-18-14-9-10-24-19(14)15(18)11-13-5-3-2-4-6-13/h2-8,14-15,18-19H,9-11H2,1H3,(H,21,23). The molecule has 1 aliphatic heterocycles. The molecule has 2 aromatic rings. The van der Waals surface area contributed by atoms with Crippen molar-refractivity contribution < 1.29 is 14.3 Å². The van der Waals surface area contributed by atoms with Crippen LogP contribution in [-0.4, -0.2) is 30.4 Å². The molecule has 2 aliphatic rings. The second-order valence-electron chi connectivity index (χ2n) is 6.86. The van der Waals surface area contributed by atoms with Crippen LogP contribution < -0.4 is 5.32 Å². The molecule has 4 rings (SSSR count). The SMILES string of the molecule is CC(=O)c1ccc(C(=O)NC2C3CCOC3C2Cc2ccccc2)s1. The number of carbonyl (C=O) groups is 2. The molecule has 0 spiro atoms. The predicted molar refractivity (Wildman–Crippen MR) is 97.1 cm³/mol. The molecule has 25 heavy (non-hydrogen) atoms. The summed E-state index contributed by atoms with van der Waals surface area (Å²) in [4.78, 5) is 25.3. The fourth-order valence-electron chi connectivity index (χ4n) is 4.04. The van der Waals surface area contributed by atoms with Crippen LogP contribution in [0.25, 0.3) is 0 Å². The summed E-state index contributed by atoms with van der Waals surface area (Å²) in [6.45, 7) is 2.30. The van der Waals surface area contributed by atoms with Crippen LogP contribution in [-0.2, 0) is 11.2 Å². The normalized spacial score (nSPS) is 27.4. The number of ketones is 1. The summed E-state index contributed by atoms with van der Waals surface area (Å²) in [7, 11) is 0. The fourth-order valence-corrected chi connectivity index (χ4v) is 4.85. The molecule has 1 saturated heterocycles. The first-order valence-corrected chi connectivity index (χ1v) is 9.52. The second kappa shape index (κ2) is 6.73. The van der Waals surface area contributed by atoms with Gasteiger partial charge in [-0.25, -0.2) is 0 Å². The first-order valence-electron chi connectivity index (χ1n) is 8.70. The van der Waals surface area contributed by atoms with Crippen molar-refractivity contribution >= 4 is 23.0 Å². The van der Waals surface area contributed by atoms with E-state index >= 15 is 0 Å². The number of carbonyl (C=O) groups excluding carboxylic acids is 2. The number of fused-ring (bicyclic) bond motifs is 1. The Bertz CT molecular complexity index is 785. The zero-order chi connectivity index (χ0) is 17.4. The summed E-state index contributed by atoms with van der Waals surface area (Å²) < 4.78 is 5.90. The van der Waals surface area contributed by atoms with E-state index in [1.165, 1.54) is 23.8 Å². The average Bonchev–Trinajstić information content (AvgIpc) is 3.26. The smallest absolute Gasteiger partial charge is 0.261 e. The topological polar surface area (TPSA) is 55.4 Å². The predicted octanol–water partition coefficient (Wildman–Crippen LogP) is 3.33. The van der Waals surface area contributed by atoms with Gasteiger partial charge in [0.15, 0.2) is 5.78 Å². The minimum absolute atomic E-state index is 0.00101. The third-order valence-electron chi connectivity index (χ3n) is 5.32. The quantitative estimate of drug-likeness (QED) is 0.837. The Kier molecular flexibility index (Phi) is 4.44. The fraction of sp³-hybridized carbons (Fsp3) is 0.400. The third-order valence-corrected chi connectivity index (χ3v) is 6.50. The van der Waals surface area contributed by atoms with E-state index in [0.717, 1.165) is 19.4 Å². The van der Waals surface area contributed by atoms with Gasteiger partial charge >= 0.3 is 0 Å². The highest BCUT2D eigenvalue weighted by Gasteiger charge is 2.54. The highest BCUT2D eigenvalue weighted by atomic mass is 32.1. The van der Waals surface area contributed by atoms with E-state index in [-0.39, 0.29) is 23.8 Å². The maximum atomic E-state index is 12.6. The van der Waals surface area contributed by atoms with Crippen LogP contribution in [0.2, 0.25) is 0 Å². The molecule has 1 aromatic carbocycles. The minimum Gasteiger partial charge on any atom is -0.377 e. The van der Waals surface area contributed by atoms with Crippen molar-refractivity contribution in [1.29, 1.82) is 0 Å². The molecule has 4 unspecified atom stereocenters. The Morgan fingerprint density at radius 3 is 2.64 bits per heavy atom. The summed E-state index contributed by atoms with van der Waals surface area (Å²) >= 11 is 1.26. The zero-order valence-electron chi connectivity index (χ0n) is 14.1. The Balaban J connectivity index is 1.47. The molecule has 1 aliphatic carbocycles. The van der Waals surface area contributed by atoms with E-state index in [1.807, 2.05) is 18.2 Å². The first-order chi connectivity index (χ1) is 12.1. The van der Waals surface area contributed by atoms with E-state index in [4.69, 9.17) is 4.74 Å². The molecular formula is C20H21NO3S. The van der Waals surface area contributed by atoms with E-state index in [9.17, 15) is 9.59 Å². The van der Waals surface area contributed by atoms with Gasteiger partial charge in [0.2, 0.25) is 0 Å². The van der Waals surface area contributed by atoms with Crippen molar-refractivity contribution in [3.05, 3.63) is 57.8 Å². The maximum absolute atomic E-state index is 12.6. The van der Waals surface area contributed by atoms with Crippen LogP contribution >= 0.6 is 11.3 Å². The van der Waals surface area contributed by atoms with Gasteiger partial charge in [-0.2, -0.15) is 0 Å². The number of thiophene rings is 1. The van der Waals surface area contributed by atoms with E-state index < -0.39 is 0 Å². The average molecular weight is 355 g/mol. The van der Waals surface area contributed by atoms with Crippen LogP contribution in [0.4, 0.5) is 0 Å². The summed E-state index contributed by atoms with van der Waals surface area (Å²) in [5.74, 6) is 0.640. The first kappa shape index (κ1) is 16.5. The van der Waals surface area contributed by atoms with Gasteiger partial charge in [-0.3, -0.25) is 9.59 Å². The molecular weight excluding hydrogens is 334 g/mol. The largest absolute Gasteiger partial charge is 0.377 e. The number of rotatable bonds is 5. The molecule has 1 amide bonds. The number of nitrogens with one attached hydrogen (secondary N) is 1. The van der Waals surface area contributed by atoms with Gasteiger partial charge in [-0.05, 0) is 37.5 Å². The lowest BCUT2D eigenvalue weighted by Gasteiger charge is -2.48. The molecule has 1 aromatic heterocycles. The highest BCUT2D eigenvalue weighted by Crippen LogP contribution is 2.45. The minimum atomic E-state index is -0.0779. The lowest BCUT2D eigenvalue weighted by molar-refractivity contribution is -0.0527. The third kappa shape index (κ3) is 3.14. The number of benzene rings is 1. The number of hydrogen-bond donors (Lipinski definition) is 1. The van der Waals surface area contributed by atoms with Gasteiger partial charge in [0.1, 0.15) is 0 Å². The van der Waals surface area contributed by atoms with E-state index in [1.54, 1.807) is 12.1 Å². The lowest BCUT2D eigenvalue weighted by atomic mass is 9.64. The van der Waals surface area contributed by atoms with Gasteiger partial charge in [0.05, 0.1) is 15.9 Å². The van der Waals surface area contributed by atoms with Crippen molar-refractivity contribution in [1.82, 2.24) is 5.32 Å². The van der Waals surface area contributed by atoms with E-state index in [2.05, 4.69) is 17.4 Å². The van der Waals surface area contributed by atoms with E-state index in [0.29, 0.717) is 21.6 Å². The van der Waals surface area contributed by atoms with Crippen LogP contribution in [0.3, 0.4) is 0 Å². The molecule has 4 nitrogen and oxygen atoms in total. The molecule has 1 saturated carbocycles. The maximum Gasteiger partial charge on any atom is 0.261 e. The van der Waals surface area contributed by atoms with Crippen molar-refractivity contribution in [2.45, 2.75) is 31.9 Å². The number of hydrogen-bond acceptors (Lipinski definition) is 4. The Labute approximate surface area is 151 Å². The summed E-state index contributed by atoms with van der Waals surface area (Å²) in [6, 6.07) is 14.0. The van der Waals surface area contributed by atoms with Crippen molar-refractivity contribution in [3.8, 4) is 0 Å². The van der Waals surface area contributed by atoms with Gasteiger partial charge in [-0.15, -0.1) is 11.3 Å². The van der Waals surface area contributed by atoms with Crippen LogP contribution in [0.5, 0.6) is 0 Å². The molecule has 130 valence electrons. The van der Waals surface area contributed by atoms with Gasteiger partial charge in [0, 0.05) is 24.5 Å². The molecule has 0 bridgehead atoms. The lowest BCUT2D eigenvalue weighted by Crippen LogP contribution is -2.62. The summed E-state index contributed by atoms with van der Waals surface area (Å²) in [5, 5.41) is 3.21. The molecule has 2 fully saturated rings. The number of ether oxygens (including phenoxy) is 1. The molecule has 4 atom stereocenters. The second-order valence-corrected chi connectivity index (χ2v) is 7.94. The Morgan fingerprint density at radius 2 is 1.92 bits per heavy atom. The highest BCUT2D eigenvalue weighted by molar-refractivity contribution is 7.15. The number of Topliss-reactive ketones (excluding diaryl/α,β-unsaturated/α-hetero) is 1. The summed E-state index contributed by atoms with van der Waals surface area (Å²) in [6.07, 6.45) is 2.17. The van der Waals surface area contributed by atoms with Crippen molar-refractivity contribution in [2.24, 2.45) is 11.8 Å². The molecule has 0 radical (unpaired) electrons. The number of amides is 1. The van der Waals surface area contributed by atoms with Crippen molar-refractivity contribution in [3.63, 3.8) is 0 Å². The monoisotopic (exact) mass is 355 g/mol. The Morgan fingerprint density at radius 1 is 1.16 bits per heavy atom. The molecule has 1 N–H and O–H groups in total. The molecule has 5 heteroatoms. The van der Waals surface area contributed by atoms with Crippen LogP contribution in [0.15, 0.2) is 42.5 Å². The van der Waals surface area contributed by atoms with Gasteiger partial charge < -0.3 is 10.1 Å². The van der Waals surface area contributed by atoms with Crippen molar-refractivity contribution in [2.75, 3.05) is 6.61 Å². The summed E-state index contributed by atoms with van der Waals surface area (Å²) in [5.41, 5.74) is 1.27. The van der Waals surface area contributed by atoms with Gasteiger partial charge in [-0.1, -0.05) is 30.3 Å². The molecule has 2 heterocycles. The van der Waals surface area contributed by atoms with Gasteiger partial charge in [0.25, 0.3) is 5.91 Å². The van der Waals surface area contributed by atoms with Crippen LogP contribution in [0, 0.1) is 11.8 Å².